The van der Waals surface area contributed by atoms with Gasteiger partial charge in [0.25, 0.3) is 0 Å². The summed E-state index contributed by atoms with van der Waals surface area (Å²) in [6, 6.07) is 1.41. The number of thiophene rings is 1. The lowest BCUT2D eigenvalue weighted by Crippen LogP contribution is -2.48. The maximum atomic E-state index is 12.7. The third kappa shape index (κ3) is 3.03. The Morgan fingerprint density at radius 2 is 2.37 bits per heavy atom. The first-order chi connectivity index (χ1) is 9.00. The summed E-state index contributed by atoms with van der Waals surface area (Å²) >= 11 is 4.52. The first-order valence-electron chi connectivity index (χ1n) is 5.99. The van der Waals surface area contributed by atoms with Crippen molar-refractivity contribution in [3.05, 3.63) is 14.7 Å². The molecule has 0 spiro atoms. The van der Waals surface area contributed by atoms with Crippen LogP contribution in [0.15, 0.2) is 14.7 Å². The van der Waals surface area contributed by atoms with E-state index in [1.54, 1.807) is 0 Å². The third-order valence-electron chi connectivity index (χ3n) is 3.09. The van der Waals surface area contributed by atoms with Crippen molar-refractivity contribution in [1.29, 1.82) is 0 Å². The molecule has 0 saturated carbocycles. The molecule has 1 aromatic rings. The number of rotatable bonds is 4. The van der Waals surface area contributed by atoms with Crippen molar-refractivity contribution in [1.82, 2.24) is 4.31 Å². The molecule has 2 heterocycles. The highest BCUT2D eigenvalue weighted by atomic mass is 79.9. The molecule has 0 aliphatic carbocycles. The van der Waals surface area contributed by atoms with Gasteiger partial charge in [-0.25, -0.2) is 8.42 Å². The smallest absolute Gasteiger partial charge is 0.245 e. The van der Waals surface area contributed by atoms with E-state index in [0.29, 0.717) is 34.8 Å². The summed E-state index contributed by atoms with van der Waals surface area (Å²) in [7, 11) is -3.54. The van der Waals surface area contributed by atoms with Crippen molar-refractivity contribution in [3.63, 3.8) is 0 Å². The summed E-state index contributed by atoms with van der Waals surface area (Å²) in [5.74, 6) is 0. The number of halogens is 1. The van der Waals surface area contributed by atoms with Crippen LogP contribution in [-0.4, -0.2) is 43.6 Å². The van der Waals surface area contributed by atoms with E-state index in [4.69, 9.17) is 9.84 Å². The van der Waals surface area contributed by atoms with Crippen molar-refractivity contribution in [3.8, 4) is 0 Å². The molecule has 1 N–H and O–H groups in total. The number of hydrogen-bond acceptors (Lipinski definition) is 5. The zero-order valence-electron chi connectivity index (χ0n) is 10.5. The van der Waals surface area contributed by atoms with Crippen LogP contribution in [0.3, 0.4) is 0 Å². The highest BCUT2D eigenvalue weighted by Crippen LogP contribution is 2.34. The summed E-state index contributed by atoms with van der Waals surface area (Å²) < 4.78 is 32.7. The maximum Gasteiger partial charge on any atom is 0.245 e. The van der Waals surface area contributed by atoms with E-state index in [-0.39, 0.29) is 17.5 Å². The zero-order chi connectivity index (χ0) is 14.0. The van der Waals surface area contributed by atoms with Crippen LogP contribution in [0.5, 0.6) is 0 Å². The van der Waals surface area contributed by atoms with Gasteiger partial charge in [0.2, 0.25) is 10.0 Å². The van der Waals surface area contributed by atoms with Crippen LogP contribution in [0.2, 0.25) is 0 Å². The van der Waals surface area contributed by atoms with Gasteiger partial charge in [0, 0.05) is 17.5 Å². The maximum absolute atomic E-state index is 12.7. The molecule has 1 aliphatic rings. The van der Waals surface area contributed by atoms with E-state index in [9.17, 15) is 8.42 Å². The van der Waals surface area contributed by atoms with E-state index >= 15 is 0 Å². The summed E-state index contributed by atoms with van der Waals surface area (Å²) in [6.07, 6.45) is 0.716. The fourth-order valence-electron chi connectivity index (χ4n) is 2.06. The van der Waals surface area contributed by atoms with Crippen molar-refractivity contribution < 1.29 is 18.3 Å². The molecule has 0 amide bonds. The molecule has 0 aromatic carbocycles. The summed E-state index contributed by atoms with van der Waals surface area (Å²) in [6.45, 7) is 3.02. The van der Waals surface area contributed by atoms with Gasteiger partial charge in [-0.15, -0.1) is 11.3 Å². The van der Waals surface area contributed by atoms with Crippen LogP contribution in [0.1, 0.15) is 18.2 Å². The Balaban J connectivity index is 2.37. The summed E-state index contributed by atoms with van der Waals surface area (Å²) in [5, 5.41) is 9.11. The van der Waals surface area contributed by atoms with E-state index in [1.807, 2.05) is 6.92 Å². The molecular formula is C11H16BrNO4S2. The van der Waals surface area contributed by atoms with Crippen LogP contribution in [-0.2, 0) is 21.4 Å². The van der Waals surface area contributed by atoms with Gasteiger partial charge in [-0.3, -0.25) is 0 Å². The Labute approximate surface area is 125 Å². The first-order valence-corrected chi connectivity index (χ1v) is 9.04. The molecule has 1 unspecified atom stereocenters. The molecule has 1 fully saturated rings. The Bertz CT molecular complexity index is 543. The fourth-order valence-corrected chi connectivity index (χ4v) is 6.22. The minimum Gasteiger partial charge on any atom is -0.391 e. The minimum atomic E-state index is -3.54. The molecule has 0 radical (unpaired) electrons. The van der Waals surface area contributed by atoms with Crippen LogP contribution in [0.25, 0.3) is 0 Å². The third-order valence-corrected chi connectivity index (χ3v) is 7.28. The standard InChI is InChI=1S/C11H16BrNO4S2/c1-2-8-7-17-4-3-13(8)19(15,16)10-5-9(6-14)18-11(10)12/h5,8,14H,2-4,6-7H2,1H3. The minimum absolute atomic E-state index is 0.122. The second-order valence-corrected chi connectivity index (χ2v) is 8.58. The number of morpholine rings is 1. The average Bonchev–Trinajstić information content (AvgIpc) is 2.80. The van der Waals surface area contributed by atoms with E-state index in [0.717, 1.165) is 0 Å². The highest BCUT2D eigenvalue weighted by Gasteiger charge is 2.35. The number of ether oxygens (including phenoxy) is 1. The van der Waals surface area contributed by atoms with Crippen LogP contribution >= 0.6 is 27.3 Å². The number of sulfonamides is 1. The molecule has 1 aliphatic heterocycles. The van der Waals surface area contributed by atoms with Crippen molar-refractivity contribution in [2.45, 2.75) is 30.9 Å². The van der Waals surface area contributed by atoms with Gasteiger partial charge in [0.15, 0.2) is 0 Å². The molecule has 19 heavy (non-hydrogen) atoms. The van der Waals surface area contributed by atoms with Gasteiger partial charge in [-0.2, -0.15) is 4.31 Å². The van der Waals surface area contributed by atoms with E-state index < -0.39 is 10.0 Å². The Hall–Kier alpha value is 0.01000. The Morgan fingerprint density at radius 3 is 2.95 bits per heavy atom. The van der Waals surface area contributed by atoms with Gasteiger partial charge in [0.05, 0.1) is 23.6 Å². The summed E-state index contributed by atoms with van der Waals surface area (Å²) in [5.41, 5.74) is 0. The predicted molar refractivity (Wildman–Crippen MR) is 76.7 cm³/mol. The second kappa shape index (κ2) is 6.19. The largest absolute Gasteiger partial charge is 0.391 e. The van der Waals surface area contributed by atoms with Gasteiger partial charge >= 0.3 is 0 Å². The number of nitrogens with zero attached hydrogens (tertiary/aromatic N) is 1. The van der Waals surface area contributed by atoms with Crippen LogP contribution < -0.4 is 0 Å². The monoisotopic (exact) mass is 369 g/mol. The SMILES string of the molecule is CCC1COCCN1S(=O)(=O)c1cc(CO)sc1Br. The van der Waals surface area contributed by atoms with Gasteiger partial charge < -0.3 is 9.84 Å². The fraction of sp³-hybridized carbons (Fsp3) is 0.636. The van der Waals surface area contributed by atoms with Crippen molar-refractivity contribution in [2.75, 3.05) is 19.8 Å². The molecule has 108 valence electrons. The molecule has 1 saturated heterocycles. The average molecular weight is 370 g/mol. The van der Waals surface area contributed by atoms with E-state index in [1.165, 1.54) is 21.7 Å². The van der Waals surface area contributed by atoms with Crippen molar-refractivity contribution >= 4 is 37.3 Å². The molecule has 0 bridgehead atoms. The Morgan fingerprint density at radius 1 is 1.63 bits per heavy atom. The van der Waals surface area contributed by atoms with Gasteiger partial charge in [-0.05, 0) is 28.4 Å². The lowest BCUT2D eigenvalue weighted by molar-refractivity contribution is 0.0314. The second-order valence-electron chi connectivity index (χ2n) is 4.26. The zero-order valence-corrected chi connectivity index (χ0v) is 13.7. The summed E-state index contributed by atoms with van der Waals surface area (Å²) in [4.78, 5) is 0.869. The van der Waals surface area contributed by atoms with Crippen molar-refractivity contribution in [2.24, 2.45) is 0 Å². The topological polar surface area (TPSA) is 66.8 Å². The number of aliphatic hydroxyl groups is 1. The molecule has 1 aromatic heterocycles. The van der Waals surface area contributed by atoms with E-state index in [2.05, 4.69) is 15.9 Å². The van der Waals surface area contributed by atoms with Gasteiger partial charge in [-0.1, -0.05) is 6.92 Å². The number of hydrogen-bond donors (Lipinski definition) is 1. The first kappa shape index (κ1) is 15.4. The molecule has 2 rings (SSSR count). The molecule has 5 nitrogen and oxygen atoms in total. The highest BCUT2D eigenvalue weighted by molar-refractivity contribution is 9.11. The van der Waals surface area contributed by atoms with Crippen LogP contribution in [0, 0.1) is 0 Å². The normalized spacial score (nSPS) is 21.7. The lowest BCUT2D eigenvalue weighted by Gasteiger charge is -2.33. The molecule has 1 atom stereocenters. The quantitative estimate of drug-likeness (QED) is 0.878. The lowest BCUT2D eigenvalue weighted by atomic mass is 10.2. The Kier molecular flexibility index (Phi) is 5.02. The molecule has 8 heteroatoms. The van der Waals surface area contributed by atoms with Crippen LogP contribution in [0.4, 0.5) is 0 Å². The predicted octanol–water partition coefficient (Wildman–Crippen LogP) is 1.80. The number of aliphatic hydroxyl groups excluding tert-OH is 1. The van der Waals surface area contributed by atoms with Gasteiger partial charge in [0.1, 0.15) is 4.90 Å². The molecular weight excluding hydrogens is 354 g/mol.